The van der Waals surface area contributed by atoms with Crippen molar-refractivity contribution >= 4 is 5.90 Å². The molecule has 2 nitrogen and oxygen atoms in total. The van der Waals surface area contributed by atoms with E-state index >= 15 is 0 Å². The summed E-state index contributed by atoms with van der Waals surface area (Å²) in [4.78, 5) is 0. The molecule has 0 radical (unpaired) electrons. The summed E-state index contributed by atoms with van der Waals surface area (Å²) in [6.45, 7) is 0. The second kappa shape index (κ2) is 2.63. The van der Waals surface area contributed by atoms with E-state index in [4.69, 9.17) is 5.41 Å². The molecule has 0 aromatic heterocycles. The molecular formula is C4H4F5NO. The van der Waals surface area contributed by atoms with Gasteiger partial charge < -0.3 is 4.74 Å². The molecule has 0 spiro atoms. The van der Waals surface area contributed by atoms with Gasteiger partial charge in [0.25, 0.3) is 5.90 Å². The average Bonchev–Trinajstić information content (AvgIpc) is 1.83. The molecular weight excluding hydrogens is 173 g/mol. The molecule has 0 aliphatic carbocycles. The third-order valence-electron chi connectivity index (χ3n) is 0.845. The molecule has 66 valence electrons. The summed E-state index contributed by atoms with van der Waals surface area (Å²) in [7, 11) is 0.571. The van der Waals surface area contributed by atoms with E-state index in [1.807, 2.05) is 0 Å². The standard InChI is InChI=1S/C4H4F5NO/c1-11-2(10)3(5,6)4(7,8)9/h10H,1H3. The average molecular weight is 177 g/mol. The Morgan fingerprint density at radius 1 is 1.18 bits per heavy atom. The Morgan fingerprint density at radius 3 is 1.64 bits per heavy atom. The molecule has 0 aromatic carbocycles. The molecule has 0 saturated heterocycles. The first kappa shape index (κ1) is 10.1. The summed E-state index contributed by atoms with van der Waals surface area (Å²) in [6.07, 6.45) is -5.76. The smallest absolute Gasteiger partial charge is 0.463 e. The van der Waals surface area contributed by atoms with E-state index in [-0.39, 0.29) is 0 Å². The fourth-order valence-electron chi connectivity index (χ4n) is 0.257. The number of ether oxygens (including phenoxy) is 1. The summed E-state index contributed by atoms with van der Waals surface area (Å²) in [5.74, 6) is -7.30. The van der Waals surface area contributed by atoms with Crippen molar-refractivity contribution in [2.75, 3.05) is 7.11 Å². The van der Waals surface area contributed by atoms with Crippen LogP contribution < -0.4 is 0 Å². The monoisotopic (exact) mass is 177 g/mol. The molecule has 7 heteroatoms. The van der Waals surface area contributed by atoms with E-state index in [2.05, 4.69) is 4.74 Å². The van der Waals surface area contributed by atoms with Gasteiger partial charge in [0, 0.05) is 0 Å². The molecule has 0 unspecified atom stereocenters. The van der Waals surface area contributed by atoms with Gasteiger partial charge in [-0.2, -0.15) is 22.0 Å². The maximum atomic E-state index is 11.8. The lowest BCUT2D eigenvalue weighted by molar-refractivity contribution is -0.254. The number of halogens is 5. The fraction of sp³-hybridized carbons (Fsp3) is 0.750. The van der Waals surface area contributed by atoms with Gasteiger partial charge in [-0.15, -0.1) is 0 Å². The number of methoxy groups -OCH3 is 1. The molecule has 0 aliphatic rings. The minimum atomic E-state index is -5.76. The molecule has 0 bridgehead atoms. The van der Waals surface area contributed by atoms with Crippen molar-refractivity contribution < 1.29 is 26.7 Å². The Morgan fingerprint density at radius 2 is 1.55 bits per heavy atom. The molecule has 0 saturated carbocycles. The molecule has 0 aliphatic heterocycles. The highest BCUT2D eigenvalue weighted by Gasteiger charge is 2.62. The summed E-state index contributed by atoms with van der Waals surface area (Å²) >= 11 is 0. The van der Waals surface area contributed by atoms with Crippen molar-refractivity contribution in [1.82, 2.24) is 0 Å². The maximum absolute atomic E-state index is 11.8. The number of alkyl halides is 5. The Hall–Kier alpha value is -0.880. The quantitative estimate of drug-likeness (QED) is 0.369. The van der Waals surface area contributed by atoms with Crippen LogP contribution in [0, 0.1) is 5.41 Å². The lowest BCUT2D eigenvalue weighted by atomic mass is 10.3. The molecule has 11 heavy (non-hydrogen) atoms. The van der Waals surface area contributed by atoms with Crippen LogP contribution in [-0.4, -0.2) is 25.1 Å². The van der Waals surface area contributed by atoms with Gasteiger partial charge in [-0.1, -0.05) is 0 Å². The van der Waals surface area contributed by atoms with Crippen LogP contribution in [-0.2, 0) is 4.74 Å². The van der Waals surface area contributed by atoms with E-state index < -0.39 is 18.0 Å². The van der Waals surface area contributed by atoms with Crippen LogP contribution in [0.1, 0.15) is 0 Å². The Balaban J connectivity index is 4.59. The van der Waals surface area contributed by atoms with Crippen molar-refractivity contribution in [3.63, 3.8) is 0 Å². The predicted molar refractivity (Wildman–Crippen MR) is 25.7 cm³/mol. The van der Waals surface area contributed by atoms with Gasteiger partial charge in [0.1, 0.15) is 0 Å². The van der Waals surface area contributed by atoms with Crippen molar-refractivity contribution in [2.45, 2.75) is 12.1 Å². The van der Waals surface area contributed by atoms with Gasteiger partial charge in [-0.05, 0) is 0 Å². The van der Waals surface area contributed by atoms with Crippen LogP contribution in [0.2, 0.25) is 0 Å². The van der Waals surface area contributed by atoms with E-state index in [0.29, 0.717) is 7.11 Å². The first-order valence-corrected chi connectivity index (χ1v) is 2.31. The van der Waals surface area contributed by atoms with Gasteiger partial charge in [0.2, 0.25) is 0 Å². The van der Waals surface area contributed by atoms with Gasteiger partial charge >= 0.3 is 12.1 Å². The van der Waals surface area contributed by atoms with Crippen molar-refractivity contribution in [3.05, 3.63) is 0 Å². The highest BCUT2D eigenvalue weighted by atomic mass is 19.4. The van der Waals surface area contributed by atoms with E-state index in [9.17, 15) is 22.0 Å². The molecule has 0 amide bonds. The van der Waals surface area contributed by atoms with Crippen LogP contribution in [0.4, 0.5) is 22.0 Å². The van der Waals surface area contributed by atoms with Crippen molar-refractivity contribution in [1.29, 1.82) is 5.41 Å². The van der Waals surface area contributed by atoms with Crippen LogP contribution in [0.5, 0.6) is 0 Å². The van der Waals surface area contributed by atoms with Crippen LogP contribution in [0.3, 0.4) is 0 Å². The Labute approximate surface area is 58.5 Å². The Bertz CT molecular complexity index is 162. The third-order valence-corrected chi connectivity index (χ3v) is 0.845. The van der Waals surface area contributed by atoms with Gasteiger partial charge in [0.15, 0.2) is 0 Å². The first-order chi connectivity index (χ1) is 4.73. The van der Waals surface area contributed by atoms with Crippen LogP contribution in [0.15, 0.2) is 0 Å². The lowest BCUT2D eigenvalue weighted by Crippen LogP contribution is -2.44. The second-order valence-electron chi connectivity index (χ2n) is 1.61. The number of hydrogen-bond donors (Lipinski definition) is 1. The topological polar surface area (TPSA) is 33.1 Å². The van der Waals surface area contributed by atoms with Crippen LogP contribution >= 0.6 is 0 Å². The van der Waals surface area contributed by atoms with Crippen LogP contribution in [0.25, 0.3) is 0 Å². The molecule has 0 heterocycles. The highest BCUT2D eigenvalue weighted by molar-refractivity contribution is 5.81. The molecule has 0 atom stereocenters. The SMILES string of the molecule is COC(=N)C(F)(F)C(F)(F)F. The zero-order valence-electron chi connectivity index (χ0n) is 5.30. The second-order valence-corrected chi connectivity index (χ2v) is 1.61. The van der Waals surface area contributed by atoms with E-state index in [0.717, 1.165) is 0 Å². The normalized spacial score (nSPS) is 12.9. The highest BCUT2D eigenvalue weighted by Crippen LogP contribution is 2.36. The number of nitrogens with one attached hydrogen (secondary N) is 1. The maximum Gasteiger partial charge on any atom is 0.463 e. The fourth-order valence-corrected chi connectivity index (χ4v) is 0.257. The lowest BCUT2D eigenvalue weighted by Gasteiger charge is -2.18. The largest absolute Gasteiger partial charge is 0.480 e. The number of rotatable bonds is 1. The molecule has 0 aromatic rings. The minimum Gasteiger partial charge on any atom is -0.480 e. The van der Waals surface area contributed by atoms with Gasteiger partial charge in [-0.25, -0.2) is 0 Å². The van der Waals surface area contributed by atoms with Gasteiger partial charge in [-0.3, -0.25) is 5.41 Å². The number of hydrogen-bond acceptors (Lipinski definition) is 2. The zero-order chi connectivity index (χ0) is 9.28. The summed E-state index contributed by atoms with van der Waals surface area (Å²) < 4.78 is 61.1. The zero-order valence-corrected chi connectivity index (χ0v) is 5.30. The summed E-state index contributed by atoms with van der Waals surface area (Å²) in [5, 5.41) is 6.10. The molecule has 0 fully saturated rings. The van der Waals surface area contributed by atoms with Crippen molar-refractivity contribution in [2.24, 2.45) is 0 Å². The first-order valence-electron chi connectivity index (χ1n) is 2.31. The van der Waals surface area contributed by atoms with Crippen molar-refractivity contribution in [3.8, 4) is 0 Å². The molecule has 0 rings (SSSR count). The summed E-state index contributed by atoms with van der Waals surface area (Å²) in [6, 6.07) is 0. The Kier molecular flexibility index (Phi) is 2.42. The van der Waals surface area contributed by atoms with E-state index in [1.54, 1.807) is 0 Å². The van der Waals surface area contributed by atoms with E-state index in [1.165, 1.54) is 0 Å². The molecule has 1 N–H and O–H groups in total. The summed E-state index contributed by atoms with van der Waals surface area (Å²) in [5.41, 5.74) is 0. The minimum absolute atomic E-state index is 0.571. The predicted octanol–water partition coefficient (Wildman–Crippen LogP) is 1.81. The third kappa shape index (κ3) is 1.78. The van der Waals surface area contributed by atoms with Gasteiger partial charge in [0.05, 0.1) is 7.11 Å².